The zero-order valence-corrected chi connectivity index (χ0v) is 14.5. The minimum Gasteiger partial charge on any atom is -0.283 e. The fraction of sp³-hybridized carbons (Fsp3) is 0.0526. The maximum atomic E-state index is 14.4. The summed E-state index contributed by atoms with van der Waals surface area (Å²) in [6.07, 6.45) is 5.15. The summed E-state index contributed by atoms with van der Waals surface area (Å²) in [6, 6.07) is 14.5. The summed E-state index contributed by atoms with van der Waals surface area (Å²) >= 11 is 0. The smallest absolute Gasteiger partial charge is 0.173 e. The summed E-state index contributed by atoms with van der Waals surface area (Å²) in [5.74, 6) is 1.89. The van der Waals surface area contributed by atoms with Gasteiger partial charge in [0.05, 0.1) is 18.1 Å². The van der Waals surface area contributed by atoms with E-state index in [-0.39, 0.29) is 5.82 Å². The average Bonchev–Trinajstić information content (AvgIpc) is 3.46. The van der Waals surface area contributed by atoms with Crippen molar-refractivity contribution in [1.82, 2.24) is 24.5 Å². The van der Waals surface area contributed by atoms with Crippen LogP contribution >= 0.6 is 0 Å². The van der Waals surface area contributed by atoms with Crippen LogP contribution in [0.25, 0.3) is 11.4 Å². The van der Waals surface area contributed by atoms with Crippen LogP contribution in [0.2, 0.25) is 0 Å². The number of rotatable bonds is 2. The first kappa shape index (κ1) is 15.1. The van der Waals surface area contributed by atoms with Crippen LogP contribution in [0, 0.1) is 5.82 Å². The SMILES string of the molecule is Fc1ccccc1-n1nncc1N1CN=C2c3ccccc3-n3cncc3N21. The van der Waals surface area contributed by atoms with E-state index in [0.717, 1.165) is 22.9 Å². The van der Waals surface area contributed by atoms with Gasteiger partial charge in [0.1, 0.15) is 24.5 Å². The molecule has 2 aliphatic heterocycles. The molecule has 8 nitrogen and oxygen atoms in total. The quantitative estimate of drug-likeness (QED) is 0.541. The Morgan fingerprint density at radius 2 is 1.71 bits per heavy atom. The Morgan fingerprint density at radius 1 is 0.893 bits per heavy atom. The lowest BCUT2D eigenvalue weighted by atomic mass is 10.1. The molecule has 0 aliphatic carbocycles. The van der Waals surface area contributed by atoms with Gasteiger partial charge in [0, 0.05) is 5.56 Å². The number of fused-ring (bicyclic) bond motifs is 6. The van der Waals surface area contributed by atoms with E-state index in [9.17, 15) is 4.39 Å². The van der Waals surface area contributed by atoms with Crippen LogP contribution < -0.4 is 10.0 Å². The Hall–Kier alpha value is -4.01. The summed E-state index contributed by atoms with van der Waals surface area (Å²) in [5, 5.41) is 12.0. The summed E-state index contributed by atoms with van der Waals surface area (Å²) in [6.45, 7) is 0.358. The monoisotopic (exact) mass is 372 g/mol. The molecule has 0 fully saturated rings. The number of imidazole rings is 1. The molecule has 0 amide bonds. The van der Waals surface area contributed by atoms with E-state index in [1.165, 1.54) is 10.7 Å². The lowest BCUT2D eigenvalue weighted by Gasteiger charge is -2.34. The molecule has 4 heterocycles. The molecule has 0 unspecified atom stereocenters. The van der Waals surface area contributed by atoms with Crippen LogP contribution in [0.5, 0.6) is 0 Å². The van der Waals surface area contributed by atoms with Crippen molar-refractivity contribution >= 4 is 17.5 Å². The Morgan fingerprint density at radius 3 is 2.61 bits per heavy atom. The number of aromatic nitrogens is 5. The number of anilines is 2. The molecule has 136 valence electrons. The minimum atomic E-state index is -0.372. The molecular weight excluding hydrogens is 359 g/mol. The van der Waals surface area contributed by atoms with Crippen molar-refractivity contribution in [3.8, 4) is 11.4 Å². The fourth-order valence-corrected chi connectivity index (χ4v) is 3.69. The van der Waals surface area contributed by atoms with Crippen molar-refractivity contribution in [3.05, 3.63) is 78.6 Å². The lowest BCUT2D eigenvalue weighted by molar-refractivity contribution is 0.605. The van der Waals surface area contributed by atoms with Gasteiger partial charge >= 0.3 is 0 Å². The second kappa shape index (κ2) is 5.49. The van der Waals surface area contributed by atoms with Gasteiger partial charge in [0.15, 0.2) is 17.5 Å². The number of benzene rings is 2. The van der Waals surface area contributed by atoms with Crippen LogP contribution in [0.3, 0.4) is 0 Å². The molecule has 0 saturated heterocycles. The third-order valence-corrected chi connectivity index (χ3v) is 4.91. The number of hydrogen-bond acceptors (Lipinski definition) is 6. The van der Waals surface area contributed by atoms with Gasteiger partial charge in [-0.3, -0.25) is 4.57 Å². The van der Waals surface area contributed by atoms with Crippen molar-refractivity contribution in [3.63, 3.8) is 0 Å². The van der Waals surface area contributed by atoms with Crippen molar-refractivity contribution < 1.29 is 4.39 Å². The number of aliphatic imine (C=N–C) groups is 1. The van der Waals surface area contributed by atoms with Gasteiger partial charge in [-0.2, -0.15) is 4.68 Å². The van der Waals surface area contributed by atoms with Crippen molar-refractivity contribution in [1.29, 1.82) is 0 Å². The highest BCUT2D eigenvalue weighted by Gasteiger charge is 2.37. The second-order valence-electron chi connectivity index (χ2n) is 6.43. The number of hydrazine groups is 1. The van der Waals surface area contributed by atoms with Crippen LogP contribution in [0.15, 0.2) is 72.2 Å². The van der Waals surface area contributed by atoms with Crippen LogP contribution in [0.4, 0.5) is 16.0 Å². The Bertz CT molecular complexity index is 1240. The largest absolute Gasteiger partial charge is 0.283 e. The molecule has 2 aromatic heterocycles. The molecule has 9 heteroatoms. The molecule has 0 bridgehead atoms. The fourth-order valence-electron chi connectivity index (χ4n) is 3.69. The van der Waals surface area contributed by atoms with Gasteiger partial charge in [0.2, 0.25) is 0 Å². The van der Waals surface area contributed by atoms with Crippen LogP contribution in [-0.2, 0) is 0 Å². The summed E-state index contributed by atoms with van der Waals surface area (Å²) in [4.78, 5) is 9.05. The van der Waals surface area contributed by atoms with Gasteiger partial charge in [-0.15, -0.1) is 5.10 Å². The predicted octanol–water partition coefficient (Wildman–Crippen LogP) is 2.55. The number of nitrogens with zero attached hydrogens (tertiary/aromatic N) is 8. The highest BCUT2D eigenvalue weighted by molar-refractivity contribution is 6.16. The predicted molar refractivity (Wildman–Crippen MR) is 101 cm³/mol. The molecule has 0 radical (unpaired) electrons. The third kappa shape index (κ3) is 1.92. The standard InChI is InChI=1S/C19H13FN8/c20-14-6-2-4-8-16(14)27-18(10-23-24-27)26-12-22-19-13-5-1-3-7-15(13)25-11-21-9-17(25)28(19)26/h1-11H,12H2. The van der Waals surface area contributed by atoms with E-state index in [4.69, 9.17) is 4.99 Å². The van der Waals surface area contributed by atoms with E-state index in [2.05, 4.69) is 15.3 Å². The van der Waals surface area contributed by atoms with Gasteiger partial charge in [-0.05, 0) is 24.3 Å². The first-order valence-corrected chi connectivity index (χ1v) is 8.73. The molecule has 6 rings (SSSR count). The molecule has 2 aromatic carbocycles. The molecule has 28 heavy (non-hydrogen) atoms. The zero-order chi connectivity index (χ0) is 18.7. The topological polar surface area (TPSA) is 67.4 Å². The van der Waals surface area contributed by atoms with Crippen molar-refractivity contribution in [2.24, 2.45) is 4.99 Å². The van der Waals surface area contributed by atoms with Crippen LogP contribution in [-0.4, -0.2) is 37.0 Å². The zero-order valence-electron chi connectivity index (χ0n) is 14.5. The second-order valence-corrected chi connectivity index (χ2v) is 6.43. The third-order valence-electron chi connectivity index (χ3n) is 4.91. The number of hydrogen-bond donors (Lipinski definition) is 0. The maximum absolute atomic E-state index is 14.4. The number of halogens is 1. The van der Waals surface area contributed by atoms with Gasteiger partial charge < -0.3 is 0 Å². The molecule has 0 N–H and O–H groups in total. The highest BCUT2D eigenvalue weighted by atomic mass is 19.1. The normalized spacial score (nSPS) is 14.5. The van der Waals surface area contributed by atoms with E-state index in [0.29, 0.717) is 18.2 Å². The first-order valence-electron chi connectivity index (χ1n) is 8.73. The van der Waals surface area contributed by atoms with E-state index in [1.54, 1.807) is 36.9 Å². The first-order chi connectivity index (χ1) is 13.8. The molecule has 2 aliphatic rings. The minimum absolute atomic E-state index is 0.328. The Balaban J connectivity index is 1.51. The van der Waals surface area contributed by atoms with E-state index in [1.807, 2.05) is 38.9 Å². The van der Waals surface area contributed by atoms with Crippen molar-refractivity contribution in [2.45, 2.75) is 0 Å². The number of amidine groups is 1. The summed E-state index contributed by atoms with van der Waals surface area (Å²) in [5.41, 5.74) is 2.35. The molecule has 0 atom stereocenters. The Kier molecular flexibility index (Phi) is 2.96. The lowest BCUT2D eigenvalue weighted by Crippen LogP contribution is -2.46. The summed E-state index contributed by atoms with van der Waals surface area (Å²) < 4.78 is 17.9. The summed E-state index contributed by atoms with van der Waals surface area (Å²) in [7, 11) is 0. The molecule has 4 aromatic rings. The van der Waals surface area contributed by atoms with E-state index >= 15 is 0 Å². The molecule has 0 saturated carbocycles. The average molecular weight is 372 g/mol. The number of para-hydroxylation sites is 2. The highest BCUT2D eigenvalue weighted by Crippen LogP contribution is 2.36. The van der Waals surface area contributed by atoms with Gasteiger partial charge in [-0.1, -0.05) is 29.5 Å². The van der Waals surface area contributed by atoms with E-state index < -0.39 is 0 Å². The van der Waals surface area contributed by atoms with Crippen LogP contribution in [0.1, 0.15) is 5.56 Å². The van der Waals surface area contributed by atoms with Gasteiger partial charge in [0.25, 0.3) is 0 Å². The maximum Gasteiger partial charge on any atom is 0.173 e. The Labute approximate surface area is 158 Å². The van der Waals surface area contributed by atoms with Gasteiger partial charge in [-0.25, -0.2) is 24.4 Å². The molecule has 0 spiro atoms. The molecular formula is C19H13FN8. The van der Waals surface area contributed by atoms with Crippen molar-refractivity contribution in [2.75, 3.05) is 16.7 Å².